The average molecular weight is 465 g/mol. The Hall–Kier alpha value is -3.28. The quantitative estimate of drug-likeness (QED) is 0.569. The Morgan fingerprint density at radius 3 is 2.73 bits per heavy atom. The molecule has 1 unspecified atom stereocenters. The molecule has 2 fully saturated rings. The fraction of sp³-hybridized carbons (Fsp3) is 0.429. The number of nitrogens with zero attached hydrogens (tertiary/aromatic N) is 4. The molecule has 12 heteroatoms. The number of aromatic hydroxyl groups is 1. The normalized spacial score (nSPS) is 24.9. The van der Waals surface area contributed by atoms with E-state index in [-0.39, 0.29) is 35.1 Å². The smallest absolute Gasteiger partial charge is 0.423 e. The summed E-state index contributed by atoms with van der Waals surface area (Å²) in [7, 11) is 1.72. The highest BCUT2D eigenvalue weighted by Crippen LogP contribution is 2.35. The third kappa shape index (κ3) is 3.67. The number of hydrogen-bond acceptors (Lipinski definition) is 8. The Balaban J connectivity index is 1.45. The van der Waals surface area contributed by atoms with E-state index >= 15 is 0 Å². The van der Waals surface area contributed by atoms with Crippen LogP contribution in [0, 0.1) is 0 Å². The summed E-state index contributed by atoms with van der Waals surface area (Å²) in [5.41, 5.74) is -2.92. The van der Waals surface area contributed by atoms with Crippen LogP contribution >= 0.6 is 0 Å². The number of nitrogens with one attached hydrogen (secondary N) is 1. The molecule has 0 amide bonds. The summed E-state index contributed by atoms with van der Waals surface area (Å²) >= 11 is 0. The third-order valence-corrected chi connectivity index (χ3v) is 6.40. The number of phenols is 1. The summed E-state index contributed by atoms with van der Waals surface area (Å²) in [5, 5.41) is 21.3. The first-order chi connectivity index (χ1) is 15.6. The van der Waals surface area contributed by atoms with Gasteiger partial charge in [-0.05, 0) is 31.4 Å². The standard InChI is InChI=1S/C21H19F4N5O3/c1-30(14-4-9-2-3-13(27-9)18(14)22)17-7-26-20(29-28-17)10-6-16-11(5-15(10)31)19(32)12(8-33-16)21(23,24)25/h5-9,13-14,18,27,31H,2-4H2,1H3/t9-,13?,14-,18+/m1/s1. The van der Waals surface area contributed by atoms with Crippen LogP contribution < -0.4 is 15.6 Å². The largest absolute Gasteiger partial charge is 0.507 e. The Morgan fingerprint density at radius 2 is 2.03 bits per heavy atom. The van der Waals surface area contributed by atoms with Crippen LogP contribution in [0.25, 0.3) is 22.4 Å². The maximum absolute atomic E-state index is 14.8. The molecule has 4 atom stereocenters. The third-order valence-electron chi connectivity index (χ3n) is 6.40. The van der Waals surface area contributed by atoms with Crippen LogP contribution in [-0.2, 0) is 6.18 Å². The van der Waals surface area contributed by atoms with Gasteiger partial charge in [0.2, 0.25) is 5.43 Å². The van der Waals surface area contributed by atoms with E-state index in [2.05, 4.69) is 20.5 Å². The van der Waals surface area contributed by atoms with E-state index < -0.39 is 34.5 Å². The van der Waals surface area contributed by atoms with E-state index in [1.807, 2.05) is 0 Å². The molecule has 4 heterocycles. The number of alkyl halides is 4. The molecule has 0 spiro atoms. The molecule has 2 aromatic heterocycles. The number of benzene rings is 1. The van der Waals surface area contributed by atoms with Crippen LogP contribution in [0.4, 0.5) is 23.4 Å². The molecule has 2 aliphatic heterocycles. The Labute approximate surface area is 184 Å². The molecule has 174 valence electrons. The first-order valence-electron chi connectivity index (χ1n) is 10.3. The number of fused-ring (bicyclic) bond motifs is 3. The number of anilines is 1. The Bertz CT molecular complexity index is 1260. The predicted molar refractivity (Wildman–Crippen MR) is 110 cm³/mol. The first kappa shape index (κ1) is 21.6. The molecule has 5 rings (SSSR count). The minimum absolute atomic E-state index is 0.0235. The van der Waals surface area contributed by atoms with Crippen LogP contribution in [-0.4, -0.2) is 51.6 Å². The van der Waals surface area contributed by atoms with E-state index in [0.717, 1.165) is 18.9 Å². The number of rotatable bonds is 3. The van der Waals surface area contributed by atoms with Gasteiger partial charge in [-0.25, -0.2) is 9.37 Å². The van der Waals surface area contributed by atoms with E-state index in [1.54, 1.807) is 11.9 Å². The highest BCUT2D eigenvalue weighted by Gasteiger charge is 2.44. The van der Waals surface area contributed by atoms with Crippen molar-refractivity contribution < 1.29 is 27.1 Å². The maximum Gasteiger partial charge on any atom is 0.423 e. The lowest BCUT2D eigenvalue weighted by atomic mass is 9.96. The Morgan fingerprint density at radius 1 is 1.24 bits per heavy atom. The monoisotopic (exact) mass is 465 g/mol. The molecule has 33 heavy (non-hydrogen) atoms. The van der Waals surface area contributed by atoms with Crippen molar-refractivity contribution in [3.8, 4) is 17.1 Å². The molecule has 0 aliphatic carbocycles. The van der Waals surface area contributed by atoms with Crippen LogP contribution in [0.1, 0.15) is 24.8 Å². The number of halogens is 4. The molecule has 1 aromatic carbocycles. The van der Waals surface area contributed by atoms with Gasteiger partial charge in [-0.2, -0.15) is 13.2 Å². The van der Waals surface area contributed by atoms with E-state index in [0.29, 0.717) is 18.5 Å². The maximum atomic E-state index is 14.8. The summed E-state index contributed by atoms with van der Waals surface area (Å²) in [6, 6.07) is 1.76. The van der Waals surface area contributed by atoms with Gasteiger partial charge in [0.25, 0.3) is 0 Å². The van der Waals surface area contributed by atoms with Crippen molar-refractivity contribution in [2.45, 2.75) is 49.7 Å². The van der Waals surface area contributed by atoms with Gasteiger partial charge in [-0.15, -0.1) is 10.2 Å². The zero-order valence-corrected chi connectivity index (χ0v) is 17.3. The average Bonchev–Trinajstić information content (AvgIpc) is 3.19. The molecule has 3 aromatic rings. The highest BCUT2D eigenvalue weighted by atomic mass is 19.4. The lowest BCUT2D eigenvalue weighted by Gasteiger charge is -2.38. The SMILES string of the molecule is CN(c1cnc(-c2cc3occ(C(F)(F)F)c(=O)c3cc2O)nn1)[C@@H]1C[C@H]2CCC(N2)[C@@H]1F. The van der Waals surface area contributed by atoms with Gasteiger partial charge in [0.1, 0.15) is 29.3 Å². The van der Waals surface area contributed by atoms with Crippen molar-refractivity contribution in [1.29, 1.82) is 0 Å². The van der Waals surface area contributed by atoms with Crippen LogP contribution in [0.15, 0.2) is 33.8 Å². The van der Waals surface area contributed by atoms with E-state index in [1.165, 1.54) is 12.3 Å². The van der Waals surface area contributed by atoms with E-state index in [4.69, 9.17) is 4.42 Å². The summed E-state index contributed by atoms with van der Waals surface area (Å²) in [4.78, 5) is 18.0. The molecule has 2 bridgehead atoms. The number of aromatic nitrogens is 3. The summed E-state index contributed by atoms with van der Waals surface area (Å²) in [5.74, 6) is -0.193. The van der Waals surface area contributed by atoms with Gasteiger partial charge in [0.05, 0.1) is 23.2 Å². The topological polar surface area (TPSA) is 104 Å². The van der Waals surface area contributed by atoms with Crippen molar-refractivity contribution >= 4 is 16.8 Å². The molecule has 2 saturated heterocycles. The molecule has 2 N–H and O–H groups in total. The molecular weight excluding hydrogens is 446 g/mol. The van der Waals surface area contributed by atoms with Crippen molar-refractivity contribution in [3.05, 3.63) is 40.4 Å². The van der Waals surface area contributed by atoms with Gasteiger partial charge < -0.3 is 19.7 Å². The molecule has 0 radical (unpaired) electrons. The van der Waals surface area contributed by atoms with Crippen molar-refractivity contribution in [1.82, 2.24) is 20.5 Å². The lowest BCUT2D eigenvalue weighted by Crippen LogP contribution is -2.55. The van der Waals surface area contributed by atoms with Crippen LogP contribution in [0.5, 0.6) is 5.75 Å². The van der Waals surface area contributed by atoms with Gasteiger partial charge in [-0.3, -0.25) is 4.79 Å². The lowest BCUT2D eigenvalue weighted by molar-refractivity contribution is -0.139. The summed E-state index contributed by atoms with van der Waals surface area (Å²) < 4.78 is 58.7. The second-order valence-electron chi connectivity index (χ2n) is 8.39. The minimum atomic E-state index is -4.88. The zero-order valence-electron chi connectivity index (χ0n) is 17.3. The molecule has 2 aliphatic rings. The fourth-order valence-corrected chi connectivity index (χ4v) is 4.61. The molecule has 0 saturated carbocycles. The number of phenolic OH excluding ortho intramolecular Hbond substituents is 1. The predicted octanol–water partition coefficient (Wildman–Crippen LogP) is 3.04. The van der Waals surface area contributed by atoms with E-state index in [9.17, 15) is 27.5 Å². The summed E-state index contributed by atoms with van der Waals surface area (Å²) in [6.45, 7) is 0. The second-order valence-corrected chi connectivity index (χ2v) is 8.39. The second kappa shape index (κ2) is 7.65. The van der Waals surface area contributed by atoms with Crippen molar-refractivity contribution in [2.24, 2.45) is 0 Å². The number of piperidine rings is 1. The van der Waals surface area contributed by atoms with Crippen molar-refractivity contribution in [3.63, 3.8) is 0 Å². The van der Waals surface area contributed by atoms with Crippen molar-refractivity contribution in [2.75, 3.05) is 11.9 Å². The van der Waals surface area contributed by atoms with Gasteiger partial charge in [0.15, 0.2) is 11.6 Å². The minimum Gasteiger partial charge on any atom is -0.507 e. The van der Waals surface area contributed by atoms with Gasteiger partial charge in [-0.1, -0.05) is 0 Å². The highest BCUT2D eigenvalue weighted by molar-refractivity contribution is 5.85. The van der Waals surface area contributed by atoms with Gasteiger partial charge in [0, 0.05) is 19.1 Å². The van der Waals surface area contributed by atoms with Crippen LogP contribution in [0.3, 0.4) is 0 Å². The Kier molecular flexibility index (Phi) is 5.00. The number of hydrogen-bond donors (Lipinski definition) is 2. The molecular formula is C21H19F4N5O3. The fourth-order valence-electron chi connectivity index (χ4n) is 4.61. The zero-order chi connectivity index (χ0) is 23.5. The van der Waals surface area contributed by atoms with Gasteiger partial charge >= 0.3 is 6.18 Å². The molecule has 8 nitrogen and oxygen atoms in total. The summed E-state index contributed by atoms with van der Waals surface area (Å²) in [6.07, 6.45) is -1.88. The first-order valence-corrected chi connectivity index (χ1v) is 10.3. The van der Waals surface area contributed by atoms with Crippen LogP contribution in [0.2, 0.25) is 0 Å².